The molecule has 2 N–H and O–H groups in total. The smallest absolute Gasteiger partial charge is 0.339 e. The standard InChI is InChI=1S/C13H18O4/c1-8-3-2-4-9(7-8)11(14)12-10(13(15)16)5-6-17-12/h5-6,8-9,11,14H,2-4,7H2,1H3,(H,15,16). The maximum absolute atomic E-state index is 11.0. The Morgan fingerprint density at radius 2 is 2.29 bits per heavy atom. The van der Waals surface area contributed by atoms with Crippen LogP contribution in [0.1, 0.15) is 54.8 Å². The van der Waals surface area contributed by atoms with Gasteiger partial charge in [-0.1, -0.05) is 19.8 Å². The first-order valence-electron chi connectivity index (χ1n) is 6.08. The number of aromatic carboxylic acids is 1. The number of hydrogen-bond acceptors (Lipinski definition) is 3. The number of carboxylic acid groups (broad SMARTS) is 1. The topological polar surface area (TPSA) is 70.7 Å². The van der Waals surface area contributed by atoms with E-state index in [0.717, 1.165) is 19.3 Å². The SMILES string of the molecule is CC1CCCC(C(O)c2occc2C(=O)O)C1. The summed E-state index contributed by atoms with van der Waals surface area (Å²) in [6.45, 7) is 2.17. The second-order valence-electron chi connectivity index (χ2n) is 4.98. The number of aliphatic hydroxyl groups is 1. The fraction of sp³-hybridized carbons (Fsp3) is 0.615. The third-order valence-electron chi connectivity index (χ3n) is 3.62. The Bertz CT molecular complexity index is 396. The van der Waals surface area contributed by atoms with Crippen molar-refractivity contribution in [3.05, 3.63) is 23.7 Å². The van der Waals surface area contributed by atoms with E-state index in [1.165, 1.54) is 18.8 Å². The Morgan fingerprint density at radius 1 is 1.53 bits per heavy atom. The molecule has 1 heterocycles. The molecule has 3 atom stereocenters. The summed E-state index contributed by atoms with van der Waals surface area (Å²) in [5.41, 5.74) is 0.0794. The van der Waals surface area contributed by atoms with Gasteiger partial charge in [0.2, 0.25) is 0 Å². The molecule has 0 amide bonds. The molecule has 4 heteroatoms. The van der Waals surface area contributed by atoms with Crippen molar-refractivity contribution in [3.63, 3.8) is 0 Å². The molecule has 1 aromatic rings. The highest BCUT2D eigenvalue weighted by atomic mass is 16.4. The second kappa shape index (κ2) is 4.92. The zero-order valence-corrected chi connectivity index (χ0v) is 9.93. The van der Waals surface area contributed by atoms with E-state index in [0.29, 0.717) is 5.92 Å². The molecule has 1 fully saturated rings. The van der Waals surface area contributed by atoms with Gasteiger partial charge >= 0.3 is 5.97 Å². The van der Waals surface area contributed by atoms with Crippen molar-refractivity contribution in [1.82, 2.24) is 0 Å². The summed E-state index contributed by atoms with van der Waals surface area (Å²) in [6.07, 6.45) is 4.68. The molecule has 17 heavy (non-hydrogen) atoms. The summed E-state index contributed by atoms with van der Waals surface area (Å²) in [5.74, 6) is -0.136. The lowest BCUT2D eigenvalue weighted by Crippen LogP contribution is -2.21. The average molecular weight is 238 g/mol. The molecule has 1 aliphatic rings. The van der Waals surface area contributed by atoms with Gasteiger partial charge in [0.25, 0.3) is 0 Å². The Hall–Kier alpha value is -1.29. The lowest BCUT2D eigenvalue weighted by Gasteiger charge is -2.29. The van der Waals surface area contributed by atoms with Crippen LogP contribution < -0.4 is 0 Å². The fourth-order valence-corrected chi connectivity index (χ4v) is 2.71. The second-order valence-corrected chi connectivity index (χ2v) is 4.98. The summed E-state index contributed by atoms with van der Waals surface area (Å²) in [6, 6.07) is 1.40. The third-order valence-corrected chi connectivity index (χ3v) is 3.62. The van der Waals surface area contributed by atoms with Crippen LogP contribution in [0.5, 0.6) is 0 Å². The molecule has 0 bridgehead atoms. The third kappa shape index (κ3) is 2.52. The van der Waals surface area contributed by atoms with Crippen LogP contribution >= 0.6 is 0 Å². The first-order chi connectivity index (χ1) is 8.09. The first kappa shape index (κ1) is 12.2. The van der Waals surface area contributed by atoms with Crippen LogP contribution in [0.2, 0.25) is 0 Å². The van der Waals surface area contributed by atoms with Crippen molar-refractivity contribution in [2.24, 2.45) is 11.8 Å². The quantitative estimate of drug-likeness (QED) is 0.849. The molecule has 0 aliphatic heterocycles. The van der Waals surface area contributed by atoms with Crippen molar-refractivity contribution in [2.75, 3.05) is 0 Å². The van der Waals surface area contributed by atoms with Gasteiger partial charge in [-0.2, -0.15) is 0 Å². The Kier molecular flexibility index (Phi) is 3.52. The van der Waals surface area contributed by atoms with Gasteiger partial charge in [-0.15, -0.1) is 0 Å². The monoisotopic (exact) mass is 238 g/mol. The number of rotatable bonds is 3. The van der Waals surface area contributed by atoms with Crippen molar-refractivity contribution in [2.45, 2.75) is 38.7 Å². The van der Waals surface area contributed by atoms with Gasteiger partial charge in [0.15, 0.2) is 0 Å². The number of carboxylic acids is 1. The van der Waals surface area contributed by atoms with E-state index in [-0.39, 0.29) is 17.2 Å². The van der Waals surface area contributed by atoms with Crippen LogP contribution in [0.4, 0.5) is 0 Å². The summed E-state index contributed by atoms with van der Waals surface area (Å²) in [4.78, 5) is 11.0. The lowest BCUT2D eigenvalue weighted by molar-refractivity contribution is 0.0494. The number of carbonyl (C=O) groups is 1. The summed E-state index contributed by atoms with van der Waals surface area (Å²) in [5, 5.41) is 19.2. The highest BCUT2D eigenvalue weighted by Crippen LogP contribution is 2.38. The molecule has 1 saturated carbocycles. The van der Waals surface area contributed by atoms with Crippen LogP contribution in [0.3, 0.4) is 0 Å². The van der Waals surface area contributed by atoms with Gasteiger partial charge < -0.3 is 14.6 Å². The van der Waals surface area contributed by atoms with Crippen molar-refractivity contribution >= 4 is 5.97 Å². The Morgan fingerprint density at radius 3 is 2.94 bits per heavy atom. The predicted molar refractivity (Wildman–Crippen MR) is 61.7 cm³/mol. The van der Waals surface area contributed by atoms with Crippen LogP contribution in [-0.2, 0) is 0 Å². The van der Waals surface area contributed by atoms with Gasteiger partial charge in [-0.3, -0.25) is 0 Å². The van der Waals surface area contributed by atoms with E-state index in [2.05, 4.69) is 6.92 Å². The number of furan rings is 1. The van der Waals surface area contributed by atoms with Crippen LogP contribution in [0.15, 0.2) is 16.7 Å². The molecule has 0 radical (unpaired) electrons. The maximum atomic E-state index is 11.0. The van der Waals surface area contributed by atoms with E-state index in [9.17, 15) is 9.90 Å². The zero-order chi connectivity index (χ0) is 12.4. The average Bonchev–Trinajstić information content (AvgIpc) is 2.77. The van der Waals surface area contributed by atoms with Crippen LogP contribution in [0, 0.1) is 11.8 Å². The first-order valence-corrected chi connectivity index (χ1v) is 6.08. The van der Waals surface area contributed by atoms with Gasteiger partial charge in [-0.05, 0) is 30.7 Å². The molecular formula is C13H18O4. The zero-order valence-electron chi connectivity index (χ0n) is 9.93. The lowest BCUT2D eigenvalue weighted by atomic mass is 9.78. The van der Waals surface area contributed by atoms with E-state index in [1.807, 2.05) is 0 Å². The fourth-order valence-electron chi connectivity index (χ4n) is 2.71. The molecule has 2 rings (SSSR count). The molecule has 94 valence electrons. The van der Waals surface area contributed by atoms with E-state index in [1.54, 1.807) is 0 Å². The predicted octanol–water partition coefficient (Wildman–Crippen LogP) is 2.84. The molecular weight excluding hydrogens is 220 g/mol. The van der Waals surface area contributed by atoms with Crippen molar-refractivity contribution in [3.8, 4) is 0 Å². The van der Waals surface area contributed by atoms with Crippen LogP contribution in [-0.4, -0.2) is 16.2 Å². The van der Waals surface area contributed by atoms with Gasteiger partial charge in [0.05, 0.1) is 6.26 Å². The number of hydrogen-bond donors (Lipinski definition) is 2. The maximum Gasteiger partial charge on any atom is 0.339 e. The summed E-state index contributed by atoms with van der Waals surface area (Å²) in [7, 11) is 0. The molecule has 0 aromatic carbocycles. The molecule has 4 nitrogen and oxygen atoms in total. The largest absolute Gasteiger partial charge is 0.478 e. The summed E-state index contributed by atoms with van der Waals surface area (Å²) < 4.78 is 5.15. The van der Waals surface area contributed by atoms with E-state index >= 15 is 0 Å². The van der Waals surface area contributed by atoms with Crippen molar-refractivity contribution < 1.29 is 19.4 Å². The number of aliphatic hydroxyl groups excluding tert-OH is 1. The van der Waals surface area contributed by atoms with Gasteiger partial charge in [0.1, 0.15) is 17.4 Å². The van der Waals surface area contributed by atoms with Crippen LogP contribution in [0.25, 0.3) is 0 Å². The van der Waals surface area contributed by atoms with Crippen molar-refractivity contribution in [1.29, 1.82) is 0 Å². The molecule has 1 aliphatic carbocycles. The Labute approximate surface area is 100 Å². The molecule has 0 saturated heterocycles. The normalized spacial score (nSPS) is 26.7. The minimum atomic E-state index is -1.04. The molecule has 3 unspecified atom stereocenters. The summed E-state index contributed by atoms with van der Waals surface area (Å²) >= 11 is 0. The van der Waals surface area contributed by atoms with E-state index in [4.69, 9.17) is 9.52 Å². The van der Waals surface area contributed by atoms with Gasteiger partial charge in [0, 0.05) is 0 Å². The van der Waals surface area contributed by atoms with Gasteiger partial charge in [-0.25, -0.2) is 4.79 Å². The Balaban J connectivity index is 2.15. The minimum Gasteiger partial charge on any atom is -0.478 e. The minimum absolute atomic E-state index is 0.0794. The molecule has 1 aromatic heterocycles. The highest BCUT2D eigenvalue weighted by Gasteiger charge is 2.31. The molecule has 0 spiro atoms. The van der Waals surface area contributed by atoms with E-state index < -0.39 is 12.1 Å². The highest BCUT2D eigenvalue weighted by molar-refractivity contribution is 5.88.